The van der Waals surface area contributed by atoms with E-state index in [9.17, 15) is 10.1 Å². The van der Waals surface area contributed by atoms with Gasteiger partial charge in [-0.3, -0.25) is 10.1 Å². The molecule has 1 aromatic carbocycles. The molecule has 0 aliphatic heterocycles. The van der Waals surface area contributed by atoms with Gasteiger partial charge in [-0.15, -0.1) is 0 Å². The van der Waals surface area contributed by atoms with Crippen LogP contribution in [0.1, 0.15) is 33.3 Å². The second-order valence-electron chi connectivity index (χ2n) is 6.23. The van der Waals surface area contributed by atoms with Gasteiger partial charge in [0.2, 0.25) is 8.32 Å². The Morgan fingerprint density at radius 3 is 2.32 bits per heavy atom. The zero-order valence-corrected chi connectivity index (χ0v) is 13.6. The summed E-state index contributed by atoms with van der Waals surface area (Å²) in [7, 11) is -1.97. The lowest BCUT2D eigenvalue weighted by Crippen LogP contribution is -2.44. The second kappa shape index (κ2) is 5.33. The zero-order valence-electron chi connectivity index (χ0n) is 12.6. The van der Waals surface area contributed by atoms with Crippen LogP contribution in [0.2, 0.25) is 18.1 Å². The number of hydrogen-bond donors (Lipinski definition) is 0. The Bertz CT molecular complexity index is 478. The third-order valence-corrected chi connectivity index (χ3v) is 8.17. The van der Waals surface area contributed by atoms with Crippen molar-refractivity contribution in [2.24, 2.45) is 0 Å². The van der Waals surface area contributed by atoms with E-state index in [1.54, 1.807) is 6.07 Å². The molecule has 4 nitrogen and oxygen atoms in total. The molecule has 1 rings (SSSR count). The van der Waals surface area contributed by atoms with Gasteiger partial charge in [0.1, 0.15) is 5.75 Å². The molecule has 0 bridgehead atoms. The third kappa shape index (κ3) is 3.35. The Labute approximate surface area is 116 Å². The lowest BCUT2D eigenvalue weighted by atomic mass is 10.1. The molecule has 0 unspecified atom stereocenters. The second-order valence-corrected chi connectivity index (χ2v) is 11.0. The quantitative estimate of drug-likeness (QED) is 0.462. The summed E-state index contributed by atoms with van der Waals surface area (Å²) in [5, 5.41) is 11.1. The number of rotatable bonds is 4. The maximum atomic E-state index is 11.1. The smallest absolute Gasteiger partial charge is 0.276 e. The van der Waals surface area contributed by atoms with Crippen LogP contribution >= 0.6 is 0 Å². The summed E-state index contributed by atoms with van der Waals surface area (Å²) in [6, 6.07) is 5.07. The van der Waals surface area contributed by atoms with E-state index < -0.39 is 8.32 Å². The van der Waals surface area contributed by atoms with Gasteiger partial charge in [0, 0.05) is 6.07 Å². The van der Waals surface area contributed by atoms with E-state index in [4.69, 9.17) is 4.43 Å². The summed E-state index contributed by atoms with van der Waals surface area (Å²) < 4.78 is 6.21. The zero-order chi connectivity index (χ0) is 14.8. The van der Waals surface area contributed by atoms with E-state index in [2.05, 4.69) is 33.9 Å². The number of benzene rings is 1. The third-order valence-electron chi connectivity index (χ3n) is 3.83. The van der Waals surface area contributed by atoms with Gasteiger partial charge in [-0.05, 0) is 30.6 Å². The Morgan fingerprint density at radius 1 is 1.32 bits per heavy atom. The van der Waals surface area contributed by atoms with Gasteiger partial charge in [0.15, 0.2) is 0 Å². The summed E-state index contributed by atoms with van der Waals surface area (Å²) in [5.74, 6) is 0.670. The largest absolute Gasteiger partial charge is 0.543 e. The average molecular weight is 281 g/mol. The van der Waals surface area contributed by atoms with Gasteiger partial charge >= 0.3 is 0 Å². The number of hydrogen-bond acceptors (Lipinski definition) is 3. The molecular weight excluding hydrogens is 258 g/mol. The summed E-state index contributed by atoms with van der Waals surface area (Å²) in [6.45, 7) is 12.7. The highest BCUT2D eigenvalue weighted by atomic mass is 28.4. The molecule has 0 aromatic heterocycles. The van der Waals surface area contributed by atoms with Crippen molar-refractivity contribution in [1.82, 2.24) is 0 Å². The van der Waals surface area contributed by atoms with E-state index in [0.29, 0.717) is 17.7 Å². The van der Waals surface area contributed by atoms with Crippen molar-refractivity contribution < 1.29 is 9.35 Å². The van der Waals surface area contributed by atoms with E-state index in [1.807, 2.05) is 13.0 Å². The van der Waals surface area contributed by atoms with Crippen molar-refractivity contribution in [2.75, 3.05) is 0 Å². The molecule has 1 aromatic rings. The minimum absolute atomic E-state index is 0.0721. The number of nitro benzene ring substituents is 1. The first-order valence-corrected chi connectivity index (χ1v) is 9.46. The predicted molar refractivity (Wildman–Crippen MR) is 80.3 cm³/mol. The van der Waals surface area contributed by atoms with Gasteiger partial charge in [-0.1, -0.05) is 33.8 Å². The van der Waals surface area contributed by atoms with Crippen molar-refractivity contribution in [3.8, 4) is 5.75 Å². The minimum Gasteiger partial charge on any atom is -0.543 e. The highest BCUT2D eigenvalue weighted by Gasteiger charge is 2.39. The molecule has 0 aliphatic rings. The summed E-state index contributed by atoms with van der Waals surface area (Å²) >= 11 is 0. The van der Waals surface area contributed by atoms with Crippen molar-refractivity contribution in [3.05, 3.63) is 33.9 Å². The van der Waals surface area contributed by atoms with Crippen molar-refractivity contribution >= 4 is 14.0 Å². The SMILES string of the molecule is CCc1c(O[Si](C)(C)C(C)(C)C)cccc1[N+](=O)[O-]. The molecule has 0 saturated heterocycles. The molecule has 0 saturated carbocycles. The molecule has 5 heteroatoms. The molecule has 0 amide bonds. The van der Waals surface area contributed by atoms with Crippen LogP contribution in [0.3, 0.4) is 0 Å². The van der Waals surface area contributed by atoms with E-state index >= 15 is 0 Å². The van der Waals surface area contributed by atoms with E-state index in [0.717, 1.165) is 0 Å². The average Bonchev–Trinajstić information content (AvgIpc) is 2.26. The summed E-state index contributed by atoms with van der Waals surface area (Å²) in [4.78, 5) is 10.7. The molecule has 0 spiro atoms. The van der Waals surface area contributed by atoms with Crippen LogP contribution < -0.4 is 4.43 Å². The molecule has 0 fully saturated rings. The van der Waals surface area contributed by atoms with Crippen molar-refractivity contribution in [3.63, 3.8) is 0 Å². The first-order valence-electron chi connectivity index (χ1n) is 6.55. The van der Waals surface area contributed by atoms with Gasteiger partial charge < -0.3 is 4.43 Å². The summed E-state index contributed by atoms with van der Waals surface area (Å²) in [5.41, 5.74) is 0.844. The van der Waals surface area contributed by atoms with Gasteiger partial charge in [0.05, 0.1) is 10.5 Å². The highest BCUT2D eigenvalue weighted by molar-refractivity contribution is 6.74. The number of nitro groups is 1. The molecule has 0 aliphatic carbocycles. The van der Waals surface area contributed by atoms with Crippen LogP contribution in [0, 0.1) is 10.1 Å². The molecule has 0 radical (unpaired) electrons. The lowest BCUT2D eigenvalue weighted by molar-refractivity contribution is -0.385. The molecule has 0 atom stereocenters. The van der Waals surface area contributed by atoms with Gasteiger partial charge in [-0.25, -0.2) is 0 Å². The lowest BCUT2D eigenvalue weighted by Gasteiger charge is -2.36. The van der Waals surface area contributed by atoms with Crippen LogP contribution in [0.4, 0.5) is 5.69 Å². The topological polar surface area (TPSA) is 52.4 Å². The molecular formula is C14H23NO3Si. The maximum Gasteiger partial charge on any atom is 0.276 e. The van der Waals surface area contributed by atoms with Gasteiger partial charge in [-0.2, -0.15) is 0 Å². The Balaban J connectivity index is 3.22. The first-order chi connectivity index (χ1) is 8.60. The molecule has 0 heterocycles. The fourth-order valence-corrected chi connectivity index (χ4v) is 2.65. The Hall–Kier alpha value is -1.36. The maximum absolute atomic E-state index is 11.1. The predicted octanol–water partition coefficient (Wildman–Crippen LogP) is 4.54. The van der Waals surface area contributed by atoms with Crippen molar-refractivity contribution in [2.45, 2.75) is 52.2 Å². The van der Waals surface area contributed by atoms with Crippen LogP contribution in [-0.4, -0.2) is 13.2 Å². The first kappa shape index (κ1) is 15.7. The summed E-state index contributed by atoms with van der Waals surface area (Å²) in [6.07, 6.45) is 0.598. The fourth-order valence-electron chi connectivity index (χ4n) is 1.60. The van der Waals surface area contributed by atoms with Crippen LogP contribution in [0.25, 0.3) is 0 Å². The molecule has 0 N–H and O–H groups in total. The molecule has 19 heavy (non-hydrogen) atoms. The normalized spacial score (nSPS) is 12.3. The van der Waals surface area contributed by atoms with Crippen LogP contribution in [-0.2, 0) is 6.42 Å². The van der Waals surface area contributed by atoms with Crippen molar-refractivity contribution in [1.29, 1.82) is 0 Å². The Morgan fingerprint density at radius 2 is 1.89 bits per heavy atom. The Kier molecular flexibility index (Phi) is 4.40. The molecule has 106 valence electrons. The van der Waals surface area contributed by atoms with E-state index in [1.165, 1.54) is 6.07 Å². The van der Waals surface area contributed by atoms with E-state index in [-0.39, 0.29) is 15.6 Å². The fraction of sp³-hybridized carbons (Fsp3) is 0.571. The van der Waals surface area contributed by atoms with Gasteiger partial charge in [0.25, 0.3) is 5.69 Å². The monoisotopic (exact) mass is 281 g/mol. The number of nitrogens with zero attached hydrogens (tertiary/aromatic N) is 1. The minimum atomic E-state index is -1.97. The standard InChI is InChI=1S/C14H23NO3Si/c1-7-11-12(15(16)17)9-8-10-13(11)18-19(5,6)14(2,3)4/h8-10H,7H2,1-6H3. The van der Waals surface area contributed by atoms with Crippen LogP contribution in [0.5, 0.6) is 5.75 Å². The van der Waals surface area contributed by atoms with Crippen LogP contribution in [0.15, 0.2) is 18.2 Å². The highest BCUT2D eigenvalue weighted by Crippen LogP contribution is 2.39.